The molecule has 1 radical (unpaired) electrons. The SMILES string of the molecule is F[C](F)Oc1ccccc1. The van der Waals surface area contributed by atoms with E-state index < -0.39 is 6.61 Å². The molecule has 1 nitrogen and oxygen atoms in total. The molecule has 0 bridgehead atoms. The highest BCUT2D eigenvalue weighted by Gasteiger charge is 2.06. The quantitative estimate of drug-likeness (QED) is 0.617. The van der Waals surface area contributed by atoms with E-state index in [1.807, 2.05) is 0 Å². The van der Waals surface area contributed by atoms with Crippen molar-refractivity contribution in [1.29, 1.82) is 0 Å². The third-order valence-corrected chi connectivity index (χ3v) is 0.938. The molecule has 0 aliphatic rings. The Morgan fingerprint density at radius 3 is 2.20 bits per heavy atom. The van der Waals surface area contributed by atoms with E-state index in [0.717, 1.165) is 0 Å². The van der Waals surface area contributed by atoms with E-state index >= 15 is 0 Å². The van der Waals surface area contributed by atoms with Crippen LogP contribution in [0.15, 0.2) is 30.3 Å². The van der Waals surface area contributed by atoms with Gasteiger partial charge in [-0.2, -0.15) is 8.78 Å². The average Bonchev–Trinajstić information content (AvgIpc) is 1.88. The molecule has 0 N–H and O–H groups in total. The molecular formula is C7H5F2O. The molecule has 10 heavy (non-hydrogen) atoms. The Bertz CT molecular complexity index is 186. The number of hydrogen-bond acceptors (Lipinski definition) is 1. The Balaban J connectivity index is 2.59. The summed E-state index contributed by atoms with van der Waals surface area (Å²) in [7, 11) is 0. The Morgan fingerprint density at radius 2 is 1.70 bits per heavy atom. The predicted octanol–water partition coefficient (Wildman–Crippen LogP) is 2.45. The van der Waals surface area contributed by atoms with Gasteiger partial charge in [0.1, 0.15) is 5.75 Å². The lowest BCUT2D eigenvalue weighted by molar-refractivity contribution is 0.0751. The van der Waals surface area contributed by atoms with Crippen molar-refractivity contribution in [2.24, 2.45) is 0 Å². The van der Waals surface area contributed by atoms with Crippen LogP contribution in [0.3, 0.4) is 0 Å². The number of rotatable bonds is 2. The lowest BCUT2D eigenvalue weighted by atomic mass is 10.3. The molecule has 0 unspecified atom stereocenters. The Kier molecular flexibility index (Phi) is 2.20. The molecule has 0 aliphatic carbocycles. The number of ether oxygens (including phenoxy) is 1. The van der Waals surface area contributed by atoms with E-state index in [-0.39, 0.29) is 5.75 Å². The maximum Gasteiger partial charge on any atom is 0.507 e. The monoisotopic (exact) mass is 143 g/mol. The summed E-state index contributed by atoms with van der Waals surface area (Å²) in [6.07, 6.45) is 0. The third-order valence-electron chi connectivity index (χ3n) is 0.938. The maximum absolute atomic E-state index is 11.4. The second-order valence-electron chi connectivity index (χ2n) is 1.64. The minimum atomic E-state index is -2.04. The third kappa shape index (κ3) is 2.01. The fourth-order valence-electron chi connectivity index (χ4n) is 0.578. The molecule has 53 valence electrons. The normalized spacial score (nSPS) is 9.90. The molecule has 0 amide bonds. The van der Waals surface area contributed by atoms with Gasteiger partial charge in [0, 0.05) is 0 Å². The van der Waals surface area contributed by atoms with E-state index in [4.69, 9.17) is 0 Å². The van der Waals surface area contributed by atoms with Crippen LogP contribution in [0.4, 0.5) is 8.78 Å². The molecular weight excluding hydrogens is 138 g/mol. The van der Waals surface area contributed by atoms with Gasteiger partial charge < -0.3 is 4.74 Å². The summed E-state index contributed by atoms with van der Waals surface area (Å²) in [6, 6.07) is 7.89. The van der Waals surface area contributed by atoms with Crippen molar-refractivity contribution in [1.82, 2.24) is 0 Å². The van der Waals surface area contributed by atoms with Crippen molar-refractivity contribution in [3.8, 4) is 5.75 Å². The van der Waals surface area contributed by atoms with Gasteiger partial charge in [0.15, 0.2) is 0 Å². The molecule has 0 fully saturated rings. The minimum absolute atomic E-state index is 0.155. The lowest BCUT2D eigenvalue weighted by Crippen LogP contribution is -1.91. The Labute approximate surface area is 57.2 Å². The molecule has 3 heteroatoms. The Morgan fingerprint density at radius 1 is 1.10 bits per heavy atom. The van der Waals surface area contributed by atoms with Gasteiger partial charge in [0.25, 0.3) is 0 Å². The van der Waals surface area contributed by atoms with Crippen LogP contribution in [-0.4, -0.2) is 0 Å². The first-order valence-corrected chi connectivity index (χ1v) is 2.70. The van der Waals surface area contributed by atoms with Crippen LogP contribution in [0.5, 0.6) is 5.75 Å². The van der Waals surface area contributed by atoms with Gasteiger partial charge in [0.05, 0.1) is 0 Å². The smallest absolute Gasteiger partial charge is 0.425 e. The second-order valence-corrected chi connectivity index (χ2v) is 1.64. The summed E-state index contributed by atoms with van der Waals surface area (Å²) in [5.41, 5.74) is 0. The summed E-state index contributed by atoms with van der Waals surface area (Å²) >= 11 is 0. The van der Waals surface area contributed by atoms with Gasteiger partial charge in [-0.15, -0.1) is 0 Å². The number of halogens is 2. The molecule has 0 aromatic heterocycles. The minimum Gasteiger partial charge on any atom is -0.425 e. The van der Waals surface area contributed by atoms with E-state index in [2.05, 4.69) is 4.74 Å². The van der Waals surface area contributed by atoms with Crippen molar-refractivity contribution in [2.45, 2.75) is 0 Å². The molecule has 0 atom stereocenters. The first-order valence-electron chi connectivity index (χ1n) is 2.70. The zero-order valence-corrected chi connectivity index (χ0v) is 5.05. The zero-order valence-electron chi connectivity index (χ0n) is 5.05. The van der Waals surface area contributed by atoms with Crippen LogP contribution in [0.2, 0.25) is 0 Å². The van der Waals surface area contributed by atoms with Gasteiger partial charge in [-0.05, 0) is 12.1 Å². The van der Waals surface area contributed by atoms with Gasteiger partial charge in [0.2, 0.25) is 0 Å². The van der Waals surface area contributed by atoms with Crippen LogP contribution in [0.1, 0.15) is 0 Å². The zero-order chi connectivity index (χ0) is 7.40. The molecule has 0 saturated heterocycles. The number of benzene rings is 1. The van der Waals surface area contributed by atoms with Crippen molar-refractivity contribution < 1.29 is 13.5 Å². The highest BCUT2D eigenvalue weighted by molar-refractivity contribution is 5.21. The summed E-state index contributed by atoms with van der Waals surface area (Å²) in [5.74, 6) is 0.155. The predicted molar refractivity (Wildman–Crippen MR) is 32.5 cm³/mol. The summed E-state index contributed by atoms with van der Waals surface area (Å²) in [4.78, 5) is 0. The highest BCUT2D eigenvalue weighted by atomic mass is 19.3. The highest BCUT2D eigenvalue weighted by Crippen LogP contribution is 2.15. The van der Waals surface area contributed by atoms with E-state index in [1.54, 1.807) is 18.2 Å². The van der Waals surface area contributed by atoms with Crippen LogP contribution >= 0.6 is 0 Å². The first-order chi connectivity index (χ1) is 4.79. The molecule has 0 spiro atoms. The summed E-state index contributed by atoms with van der Waals surface area (Å²) in [6.45, 7) is -2.04. The van der Waals surface area contributed by atoms with Crippen molar-refractivity contribution in [3.05, 3.63) is 36.9 Å². The van der Waals surface area contributed by atoms with Crippen molar-refractivity contribution in [2.75, 3.05) is 0 Å². The van der Waals surface area contributed by atoms with E-state index in [1.165, 1.54) is 12.1 Å². The average molecular weight is 143 g/mol. The standard InChI is InChI=1S/C7H5F2O/c8-7(9)10-6-4-2-1-3-5-6/h1-5H. The Hall–Kier alpha value is -1.12. The molecule has 1 rings (SSSR count). The molecule has 1 aromatic rings. The topological polar surface area (TPSA) is 9.23 Å². The van der Waals surface area contributed by atoms with Gasteiger partial charge in [-0.25, -0.2) is 0 Å². The molecule has 0 aliphatic heterocycles. The molecule has 0 heterocycles. The van der Waals surface area contributed by atoms with Crippen molar-refractivity contribution in [3.63, 3.8) is 0 Å². The van der Waals surface area contributed by atoms with E-state index in [0.29, 0.717) is 0 Å². The lowest BCUT2D eigenvalue weighted by Gasteiger charge is -1.99. The summed E-state index contributed by atoms with van der Waals surface area (Å²) < 4.78 is 26.8. The van der Waals surface area contributed by atoms with E-state index in [9.17, 15) is 8.78 Å². The van der Waals surface area contributed by atoms with Crippen LogP contribution < -0.4 is 4.74 Å². The van der Waals surface area contributed by atoms with Crippen LogP contribution in [-0.2, 0) is 0 Å². The second kappa shape index (κ2) is 3.15. The van der Waals surface area contributed by atoms with Gasteiger partial charge in [-0.1, -0.05) is 18.2 Å². The molecule has 0 saturated carbocycles. The van der Waals surface area contributed by atoms with Gasteiger partial charge >= 0.3 is 6.61 Å². The molecule has 1 aromatic carbocycles. The fraction of sp³-hybridized carbons (Fsp3) is 0. The fourth-order valence-corrected chi connectivity index (χ4v) is 0.578. The first kappa shape index (κ1) is 6.99. The van der Waals surface area contributed by atoms with Crippen LogP contribution in [0, 0.1) is 6.61 Å². The van der Waals surface area contributed by atoms with Crippen molar-refractivity contribution >= 4 is 0 Å². The number of para-hydroxylation sites is 1. The number of hydrogen-bond donors (Lipinski definition) is 0. The van der Waals surface area contributed by atoms with Gasteiger partial charge in [-0.3, -0.25) is 0 Å². The summed E-state index contributed by atoms with van der Waals surface area (Å²) in [5, 5.41) is 0. The van der Waals surface area contributed by atoms with Crippen LogP contribution in [0.25, 0.3) is 0 Å². The maximum atomic E-state index is 11.4. The largest absolute Gasteiger partial charge is 0.507 e.